The van der Waals surface area contributed by atoms with Gasteiger partial charge in [-0.1, -0.05) is 12.1 Å². The number of fused-ring (bicyclic) bond motifs is 1. The van der Waals surface area contributed by atoms with Crippen molar-refractivity contribution in [3.63, 3.8) is 0 Å². The normalized spacial score (nSPS) is 13.1. The summed E-state index contributed by atoms with van der Waals surface area (Å²) in [6, 6.07) is 6.68. The van der Waals surface area contributed by atoms with E-state index in [2.05, 4.69) is 25.7 Å². The highest BCUT2D eigenvalue weighted by Gasteiger charge is 2.27. The minimum atomic E-state index is -4.51. The second-order valence-electron chi connectivity index (χ2n) is 7.35. The average Bonchev–Trinajstić information content (AvgIpc) is 3.25. The molecule has 0 saturated heterocycles. The maximum absolute atomic E-state index is 12.3. The third-order valence-electron chi connectivity index (χ3n) is 4.80. The number of carbonyl (C=O) groups is 2. The lowest BCUT2D eigenvalue weighted by Crippen LogP contribution is -2.36. The number of hydrogen-bond donors (Lipinski definition) is 4. The van der Waals surface area contributed by atoms with Gasteiger partial charge in [-0.2, -0.15) is 18.3 Å². The first-order chi connectivity index (χ1) is 16.6. The van der Waals surface area contributed by atoms with Crippen LogP contribution in [0.2, 0.25) is 0 Å². The lowest BCUT2D eigenvalue weighted by Gasteiger charge is -2.10. The lowest BCUT2D eigenvalue weighted by molar-refractivity contribution is -0.123. The van der Waals surface area contributed by atoms with Gasteiger partial charge in [0.25, 0.3) is 0 Å². The zero-order valence-electron chi connectivity index (χ0n) is 18.8. The molecule has 0 spiro atoms. The summed E-state index contributed by atoms with van der Waals surface area (Å²) in [5, 5.41) is 11.0. The SMILES string of the molecule is CNC(=O)C(C)N=C/C(=C\N)c1cnn2c(-c3cccc(NC(=O)NCC(F)(F)F)c3)cnc2c1. The monoisotopic (exact) mass is 488 g/mol. The maximum atomic E-state index is 12.3. The van der Waals surface area contributed by atoms with Gasteiger partial charge in [0.1, 0.15) is 12.6 Å². The second-order valence-corrected chi connectivity index (χ2v) is 7.35. The number of allylic oxidation sites excluding steroid dienone is 1. The predicted octanol–water partition coefficient (Wildman–Crippen LogP) is 2.58. The average molecular weight is 488 g/mol. The predicted molar refractivity (Wildman–Crippen MR) is 126 cm³/mol. The molecule has 0 fully saturated rings. The first kappa shape index (κ1) is 25.2. The first-order valence-electron chi connectivity index (χ1n) is 10.3. The van der Waals surface area contributed by atoms with Gasteiger partial charge in [-0.3, -0.25) is 9.79 Å². The molecule has 0 saturated carbocycles. The highest BCUT2D eigenvalue weighted by molar-refractivity contribution is 6.10. The van der Waals surface area contributed by atoms with Gasteiger partial charge in [-0.25, -0.2) is 14.3 Å². The van der Waals surface area contributed by atoms with Crippen LogP contribution in [0.3, 0.4) is 0 Å². The summed E-state index contributed by atoms with van der Waals surface area (Å²) in [5.74, 6) is -0.237. The molecular weight excluding hydrogens is 465 g/mol. The molecule has 184 valence electrons. The molecule has 1 aromatic carbocycles. The Balaban J connectivity index is 1.81. The van der Waals surface area contributed by atoms with Crippen LogP contribution in [0.5, 0.6) is 0 Å². The van der Waals surface area contributed by atoms with Crippen LogP contribution in [-0.2, 0) is 4.79 Å². The van der Waals surface area contributed by atoms with E-state index in [1.807, 2.05) is 0 Å². The Labute approximate surface area is 198 Å². The van der Waals surface area contributed by atoms with Crippen molar-refractivity contribution in [3.05, 3.63) is 54.5 Å². The van der Waals surface area contributed by atoms with Gasteiger partial charge in [0.2, 0.25) is 5.91 Å². The van der Waals surface area contributed by atoms with E-state index in [9.17, 15) is 22.8 Å². The molecule has 1 unspecified atom stereocenters. The van der Waals surface area contributed by atoms with Crippen molar-refractivity contribution in [3.8, 4) is 11.3 Å². The molecule has 0 aliphatic rings. The molecular formula is C22H23F3N8O2. The Hall–Kier alpha value is -4.42. The van der Waals surface area contributed by atoms with Gasteiger partial charge in [0.05, 0.1) is 18.1 Å². The maximum Gasteiger partial charge on any atom is 0.405 e. The highest BCUT2D eigenvalue weighted by Crippen LogP contribution is 2.24. The van der Waals surface area contributed by atoms with Crippen LogP contribution in [0.15, 0.2) is 53.9 Å². The van der Waals surface area contributed by atoms with Gasteiger partial charge in [0, 0.05) is 41.8 Å². The number of nitrogens with two attached hydrogens (primary N) is 1. The molecule has 5 N–H and O–H groups in total. The standard InChI is InChI=1S/C22H23F3N8O2/c1-13(20(34)27-2)28-9-16(8-26)15-7-19-29-11-18(33(19)31-10-15)14-4-3-5-17(6-14)32-21(35)30-12-22(23,24)25/h3-11,13H,12,26H2,1-2H3,(H,27,34)(H2,30,32,35)/b16-8+,28-9?. The number of alkyl halides is 3. The number of amides is 3. The van der Waals surface area contributed by atoms with Gasteiger partial charge in [0.15, 0.2) is 5.65 Å². The number of carbonyl (C=O) groups excluding carboxylic acids is 2. The molecule has 2 aromatic heterocycles. The Morgan fingerprint density at radius 1 is 1.26 bits per heavy atom. The third-order valence-corrected chi connectivity index (χ3v) is 4.80. The van der Waals surface area contributed by atoms with E-state index < -0.39 is 24.8 Å². The number of nitrogens with one attached hydrogen (secondary N) is 3. The zero-order chi connectivity index (χ0) is 25.6. The van der Waals surface area contributed by atoms with E-state index in [-0.39, 0.29) is 5.91 Å². The Morgan fingerprint density at radius 3 is 2.71 bits per heavy atom. The van der Waals surface area contributed by atoms with Crippen molar-refractivity contribution >= 4 is 35.1 Å². The van der Waals surface area contributed by atoms with Crippen LogP contribution in [0.25, 0.3) is 22.5 Å². The van der Waals surface area contributed by atoms with Crippen LogP contribution in [0.4, 0.5) is 23.7 Å². The zero-order valence-corrected chi connectivity index (χ0v) is 18.8. The molecule has 3 rings (SSSR count). The van der Waals surface area contributed by atoms with Gasteiger partial charge in [-0.05, 0) is 25.1 Å². The number of imidazole rings is 1. The minimum Gasteiger partial charge on any atom is -0.404 e. The number of urea groups is 1. The number of anilines is 1. The molecule has 0 aliphatic heterocycles. The lowest BCUT2D eigenvalue weighted by atomic mass is 10.1. The molecule has 0 aliphatic carbocycles. The van der Waals surface area contributed by atoms with Crippen LogP contribution in [0, 0.1) is 0 Å². The summed E-state index contributed by atoms with van der Waals surface area (Å²) in [7, 11) is 1.52. The fourth-order valence-corrected chi connectivity index (χ4v) is 3.03. The van der Waals surface area contributed by atoms with E-state index in [0.717, 1.165) is 0 Å². The smallest absolute Gasteiger partial charge is 0.404 e. The van der Waals surface area contributed by atoms with Crippen molar-refractivity contribution in [1.82, 2.24) is 25.2 Å². The van der Waals surface area contributed by atoms with Crippen LogP contribution in [-0.4, -0.2) is 58.6 Å². The molecule has 35 heavy (non-hydrogen) atoms. The Morgan fingerprint density at radius 2 is 2.03 bits per heavy atom. The summed E-state index contributed by atoms with van der Waals surface area (Å²) in [5.41, 5.74) is 8.90. The third kappa shape index (κ3) is 6.56. The number of rotatable bonds is 7. The van der Waals surface area contributed by atoms with Crippen molar-refractivity contribution in [2.75, 3.05) is 18.9 Å². The van der Waals surface area contributed by atoms with E-state index in [0.29, 0.717) is 33.7 Å². The summed E-state index contributed by atoms with van der Waals surface area (Å²) in [4.78, 5) is 31.9. The van der Waals surface area contributed by atoms with Crippen molar-refractivity contribution in [2.45, 2.75) is 19.1 Å². The topological polar surface area (TPSA) is 139 Å². The van der Waals surface area contributed by atoms with E-state index in [4.69, 9.17) is 5.73 Å². The number of aromatic nitrogens is 3. The fourth-order valence-electron chi connectivity index (χ4n) is 3.03. The number of benzene rings is 1. The summed E-state index contributed by atoms with van der Waals surface area (Å²) >= 11 is 0. The number of halogens is 3. The van der Waals surface area contributed by atoms with E-state index >= 15 is 0 Å². The molecule has 1 atom stereocenters. The van der Waals surface area contributed by atoms with Gasteiger partial charge in [-0.15, -0.1) is 0 Å². The van der Waals surface area contributed by atoms with E-state index in [1.54, 1.807) is 59.5 Å². The summed E-state index contributed by atoms with van der Waals surface area (Å²) in [6.45, 7) is 0.210. The molecule has 2 heterocycles. The molecule has 10 nitrogen and oxygen atoms in total. The Kier molecular flexibility index (Phi) is 7.69. The van der Waals surface area contributed by atoms with Crippen molar-refractivity contribution in [1.29, 1.82) is 0 Å². The quantitative estimate of drug-likeness (QED) is 0.379. The summed E-state index contributed by atoms with van der Waals surface area (Å²) in [6.07, 6.45) is 1.45. The van der Waals surface area contributed by atoms with Crippen LogP contribution in [0.1, 0.15) is 12.5 Å². The molecule has 0 bridgehead atoms. The molecule has 3 aromatic rings. The summed E-state index contributed by atoms with van der Waals surface area (Å²) < 4.78 is 38.4. The molecule has 3 amide bonds. The van der Waals surface area contributed by atoms with Crippen molar-refractivity contribution < 1.29 is 22.8 Å². The van der Waals surface area contributed by atoms with E-state index in [1.165, 1.54) is 19.5 Å². The molecule has 13 heteroatoms. The molecule has 0 radical (unpaired) electrons. The van der Waals surface area contributed by atoms with Crippen molar-refractivity contribution in [2.24, 2.45) is 10.7 Å². The number of nitrogens with zero attached hydrogens (tertiary/aromatic N) is 4. The number of likely N-dealkylation sites (N-methyl/N-ethyl adjacent to an activating group) is 1. The number of aliphatic imine (C=N–C) groups is 1. The van der Waals surface area contributed by atoms with Gasteiger partial charge >= 0.3 is 12.2 Å². The largest absolute Gasteiger partial charge is 0.405 e. The van der Waals surface area contributed by atoms with Crippen LogP contribution < -0.4 is 21.7 Å². The first-order valence-corrected chi connectivity index (χ1v) is 10.3. The number of hydrogen-bond acceptors (Lipinski definition) is 6. The van der Waals surface area contributed by atoms with Gasteiger partial charge < -0.3 is 21.7 Å². The minimum absolute atomic E-state index is 0.237. The second kappa shape index (κ2) is 10.7. The van der Waals surface area contributed by atoms with Crippen LogP contribution >= 0.6 is 0 Å². The highest BCUT2D eigenvalue weighted by atomic mass is 19.4. The fraction of sp³-hybridized carbons (Fsp3) is 0.227. The Bertz CT molecular complexity index is 1280.